The Labute approximate surface area is 196 Å². The molecule has 3 heterocycles. The zero-order valence-corrected chi connectivity index (χ0v) is 19.1. The van der Waals surface area contributed by atoms with Gasteiger partial charge in [-0.1, -0.05) is 42.8 Å². The van der Waals surface area contributed by atoms with Crippen LogP contribution in [0, 0.1) is 5.82 Å². The van der Waals surface area contributed by atoms with Gasteiger partial charge in [-0.05, 0) is 43.2 Å². The highest BCUT2D eigenvalue weighted by Crippen LogP contribution is 2.30. The number of hydrogen-bond acceptors (Lipinski definition) is 4. The molecule has 1 saturated heterocycles. The van der Waals surface area contributed by atoms with E-state index in [9.17, 15) is 17.6 Å². The van der Waals surface area contributed by atoms with Crippen molar-refractivity contribution in [2.75, 3.05) is 18.4 Å². The van der Waals surface area contributed by atoms with Crippen molar-refractivity contribution >= 4 is 27.4 Å². The maximum Gasteiger partial charge on any atom is 0.256 e. The average molecular weight is 479 g/mol. The summed E-state index contributed by atoms with van der Waals surface area (Å²) >= 11 is 0. The lowest BCUT2D eigenvalue weighted by Crippen LogP contribution is -2.36. The number of benzene rings is 2. The van der Waals surface area contributed by atoms with Crippen molar-refractivity contribution < 1.29 is 17.6 Å². The topological polar surface area (TPSA) is 83.8 Å². The minimum atomic E-state index is -4.04. The van der Waals surface area contributed by atoms with Crippen LogP contribution in [-0.4, -0.2) is 41.1 Å². The van der Waals surface area contributed by atoms with Gasteiger partial charge in [-0.3, -0.25) is 9.20 Å². The molecule has 0 saturated carbocycles. The van der Waals surface area contributed by atoms with E-state index in [2.05, 4.69) is 10.3 Å². The summed E-state index contributed by atoms with van der Waals surface area (Å²) in [6.07, 6.45) is 4.19. The van der Waals surface area contributed by atoms with Crippen molar-refractivity contribution in [1.82, 2.24) is 13.7 Å². The number of amides is 1. The molecule has 1 aliphatic rings. The van der Waals surface area contributed by atoms with Crippen molar-refractivity contribution in [3.8, 4) is 11.3 Å². The third-order valence-electron chi connectivity index (χ3n) is 5.94. The zero-order valence-electron chi connectivity index (χ0n) is 18.3. The van der Waals surface area contributed by atoms with E-state index in [1.165, 1.54) is 10.4 Å². The molecule has 1 amide bonds. The first-order valence-electron chi connectivity index (χ1n) is 11.1. The van der Waals surface area contributed by atoms with Gasteiger partial charge in [0.2, 0.25) is 10.0 Å². The third-order valence-corrected chi connectivity index (χ3v) is 7.85. The number of anilines is 1. The highest BCUT2D eigenvalue weighted by Gasteiger charge is 2.29. The van der Waals surface area contributed by atoms with Crippen molar-refractivity contribution in [3.63, 3.8) is 0 Å². The van der Waals surface area contributed by atoms with Gasteiger partial charge in [0, 0.05) is 30.4 Å². The predicted molar refractivity (Wildman–Crippen MR) is 128 cm³/mol. The fraction of sp³-hybridized carbons (Fsp3) is 0.200. The van der Waals surface area contributed by atoms with Crippen LogP contribution < -0.4 is 5.32 Å². The Morgan fingerprint density at radius 1 is 0.941 bits per heavy atom. The van der Waals surface area contributed by atoms with Crippen LogP contribution in [0.1, 0.15) is 29.6 Å². The second-order valence-corrected chi connectivity index (χ2v) is 10.1. The van der Waals surface area contributed by atoms with E-state index in [1.54, 1.807) is 10.6 Å². The number of carbonyl (C=O) groups excluding carboxylic acids is 1. The standard InChI is InChI=1S/C25H23FN4O3S/c26-20-13-12-19(17-21(20)34(32,33)29-14-6-2-7-15-29)25(31)28-24-23(18-9-3-1-4-10-18)27-22-11-5-8-16-30(22)24/h1,3-5,8-13,16-17H,2,6-7,14-15H2,(H,28,31). The molecule has 0 atom stereocenters. The number of nitrogens with one attached hydrogen (secondary N) is 1. The minimum absolute atomic E-state index is 0.0434. The number of imidazole rings is 1. The van der Waals surface area contributed by atoms with Crippen LogP contribution in [0.15, 0.2) is 77.8 Å². The van der Waals surface area contributed by atoms with Gasteiger partial charge in [-0.25, -0.2) is 17.8 Å². The van der Waals surface area contributed by atoms with Crippen LogP contribution in [-0.2, 0) is 10.0 Å². The number of carbonyl (C=O) groups is 1. The lowest BCUT2D eigenvalue weighted by molar-refractivity contribution is 0.102. The number of hydrogen-bond donors (Lipinski definition) is 1. The molecule has 9 heteroatoms. The Hall–Kier alpha value is -3.56. The van der Waals surface area contributed by atoms with Crippen LogP contribution in [0.3, 0.4) is 0 Å². The molecule has 174 valence electrons. The van der Waals surface area contributed by atoms with E-state index in [0.29, 0.717) is 30.2 Å². The molecule has 0 unspecified atom stereocenters. The van der Waals surface area contributed by atoms with E-state index < -0.39 is 26.6 Å². The number of rotatable bonds is 5. The van der Waals surface area contributed by atoms with Crippen LogP contribution >= 0.6 is 0 Å². The van der Waals surface area contributed by atoms with Crippen molar-refractivity contribution in [2.45, 2.75) is 24.2 Å². The molecule has 1 N–H and O–H groups in total. The summed E-state index contributed by atoms with van der Waals surface area (Å²) in [6.45, 7) is 0.695. The van der Waals surface area contributed by atoms with Gasteiger partial charge in [0.15, 0.2) is 0 Å². The van der Waals surface area contributed by atoms with Gasteiger partial charge < -0.3 is 5.32 Å². The molecule has 1 aliphatic heterocycles. The number of nitrogens with zero attached hydrogens (tertiary/aromatic N) is 3. The first-order chi connectivity index (χ1) is 16.4. The highest BCUT2D eigenvalue weighted by molar-refractivity contribution is 7.89. The molecule has 34 heavy (non-hydrogen) atoms. The summed E-state index contributed by atoms with van der Waals surface area (Å²) in [5, 5.41) is 2.86. The van der Waals surface area contributed by atoms with Crippen molar-refractivity contribution in [3.05, 3.63) is 84.3 Å². The summed E-state index contributed by atoms with van der Waals surface area (Å²) in [4.78, 5) is 17.4. The number of piperidine rings is 1. The summed E-state index contributed by atoms with van der Waals surface area (Å²) in [5.41, 5.74) is 2.07. The normalized spacial score (nSPS) is 14.9. The number of pyridine rings is 1. The van der Waals surface area contributed by atoms with E-state index in [-0.39, 0.29) is 5.56 Å². The van der Waals surface area contributed by atoms with Gasteiger partial charge in [0.05, 0.1) is 0 Å². The number of fused-ring (bicyclic) bond motifs is 1. The third kappa shape index (κ3) is 4.08. The summed E-state index contributed by atoms with van der Waals surface area (Å²) in [5.74, 6) is -0.989. The van der Waals surface area contributed by atoms with E-state index in [1.807, 2.05) is 48.5 Å². The molecule has 0 aliphatic carbocycles. The number of aromatic nitrogens is 2. The Kier molecular flexibility index (Phi) is 5.89. The second-order valence-electron chi connectivity index (χ2n) is 8.17. The molecule has 0 radical (unpaired) electrons. The van der Waals surface area contributed by atoms with E-state index in [0.717, 1.165) is 37.0 Å². The molecule has 4 aromatic rings. The molecule has 1 fully saturated rings. The number of sulfonamides is 1. The average Bonchev–Trinajstić information content (AvgIpc) is 3.23. The van der Waals surface area contributed by atoms with Crippen LogP contribution in [0.4, 0.5) is 10.2 Å². The summed E-state index contributed by atoms with van der Waals surface area (Å²) in [7, 11) is -4.04. The number of halogens is 1. The molecule has 2 aromatic carbocycles. The van der Waals surface area contributed by atoms with Crippen LogP contribution in [0.2, 0.25) is 0 Å². The maximum atomic E-state index is 14.6. The first kappa shape index (κ1) is 22.2. The van der Waals surface area contributed by atoms with Gasteiger partial charge in [-0.15, -0.1) is 0 Å². The molecule has 0 bridgehead atoms. The SMILES string of the molecule is O=C(Nc1c(-c2ccccc2)nc2ccccn12)c1ccc(F)c(S(=O)(=O)N2CCCCC2)c1. The highest BCUT2D eigenvalue weighted by atomic mass is 32.2. The van der Waals surface area contributed by atoms with E-state index in [4.69, 9.17) is 0 Å². The quantitative estimate of drug-likeness (QED) is 0.456. The van der Waals surface area contributed by atoms with Crippen LogP contribution in [0.25, 0.3) is 16.9 Å². The molecular formula is C25H23FN4O3S. The lowest BCUT2D eigenvalue weighted by atomic mass is 10.1. The minimum Gasteiger partial charge on any atom is -0.306 e. The lowest BCUT2D eigenvalue weighted by Gasteiger charge is -2.26. The fourth-order valence-electron chi connectivity index (χ4n) is 4.18. The largest absolute Gasteiger partial charge is 0.306 e. The van der Waals surface area contributed by atoms with E-state index >= 15 is 0 Å². The van der Waals surface area contributed by atoms with Gasteiger partial charge in [-0.2, -0.15) is 4.31 Å². The van der Waals surface area contributed by atoms with Crippen molar-refractivity contribution in [2.24, 2.45) is 0 Å². The molecule has 0 spiro atoms. The smallest absolute Gasteiger partial charge is 0.256 e. The maximum absolute atomic E-state index is 14.6. The fourth-order valence-corrected chi connectivity index (χ4v) is 5.79. The van der Waals surface area contributed by atoms with Gasteiger partial charge in [0.25, 0.3) is 5.91 Å². The van der Waals surface area contributed by atoms with Crippen LogP contribution in [0.5, 0.6) is 0 Å². The zero-order chi connectivity index (χ0) is 23.7. The first-order valence-corrected chi connectivity index (χ1v) is 12.5. The monoisotopic (exact) mass is 478 g/mol. The summed E-state index contributed by atoms with van der Waals surface area (Å²) < 4.78 is 43.7. The summed E-state index contributed by atoms with van der Waals surface area (Å²) in [6, 6.07) is 18.3. The molecular weight excluding hydrogens is 455 g/mol. The predicted octanol–water partition coefficient (Wildman–Crippen LogP) is 4.57. The Morgan fingerprint density at radius 3 is 2.44 bits per heavy atom. The Morgan fingerprint density at radius 2 is 1.68 bits per heavy atom. The molecule has 7 nitrogen and oxygen atoms in total. The van der Waals surface area contributed by atoms with Gasteiger partial charge in [0.1, 0.15) is 27.9 Å². The molecule has 2 aromatic heterocycles. The Balaban J connectivity index is 1.52. The van der Waals surface area contributed by atoms with Gasteiger partial charge >= 0.3 is 0 Å². The van der Waals surface area contributed by atoms with Crippen molar-refractivity contribution in [1.29, 1.82) is 0 Å². The Bertz CT molecular complexity index is 1460. The molecule has 5 rings (SSSR count). The second kappa shape index (κ2) is 9.00.